The Bertz CT molecular complexity index is 1210. The molecule has 6 nitrogen and oxygen atoms in total. The molecule has 34 heavy (non-hydrogen) atoms. The van der Waals surface area contributed by atoms with E-state index in [2.05, 4.69) is 38.1 Å². The number of benzene rings is 2. The predicted molar refractivity (Wildman–Crippen MR) is 135 cm³/mol. The van der Waals surface area contributed by atoms with Gasteiger partial charge in [-0.3, -0.25) is 9.59 Å². The summed E-state index contributed by atoms with van der Waals surface area (Å²) in [6, 6.07) is 14.0. The molecule has 1 fully saturated rings. The van der Waals surface area contributed by atoms with Crippen molar-refractivity contribution in [2.45, 2.75) is 39.7 Å². The van der Waals surface area contributed by atoms with Gasteiger partial charge in [0, 0.05) is 31.2 Å². The molecule has 4 rings (SSSR count). The average Bonchev–Trinajstić information content (AvgIpc) is 2.85. The number of fused-ring (bicyclic) bond motifs is 1. The summed E-state index contributed by atoms with van der Waals surface area (Å²) in [4.78, 5) is 28.9. The van der Waals surface area contributed by atoms with Crippen molar-refractivity contribution in [2.24, 2.45) is 11.8 Å². The second-order valence-electron chi connectivity index (χ2n) is 9.57. The van der Waals surface area contributed by atoms with Crippen LogP contribution >= 0.6 is 0 Å². The number of carbonyl (C=O) groups excluding carboxylic acids is 1. The summed E-state index contributed by atoms with van der Waals surface area (Å²) in [7, 11) is 3.10. The first-order valence-electron chi connectivity index (χ1n) is 12.0. The van der Waals surface area contributed by atoms with Crippen LogP contribution in [0.15, 0.2) is 53.5 Å². The molecule has 0 atom stereocenters. The molecular weight excluding hydrogens is 428 g/mol. The van der Waals surface area contributed by atoms with Crippen molar-refractivity contribution in [3.05, 3.63) is 70.1 Å². The standard InChI is InChI=1S/C28H34N2O4/c1-19(2)17-30-18-24(22-15-25(33-3)26(34-4)16-23(22)27(30)31)28(32)29-12-10-21(11-13-29)14-20-8-6-5-7-9-20/h5-9,15-16,18-19,21H,10-14,17H2,1-4H3. The third-order valence-electron chi connectivity index (χ3n) is 6.65. The first-order chi connectivity index (χ1) is 16.4. The Balaban J connectivity index is 1.65. The van der Waals surface area contributed by atoms with E-state index in [0.29, 0.717) is 53.4 Å². The number of hydrogen-bond acceptors (Lipinski definition) is 4. The third-order valence-corrected chi connectivity index (χ3v) is 6.65. The number of amides is 1. The Kier molecular flexibility index (Phi) is 7.25. The second kappa shape index (κ2) is 10.3. The molecule has 1 aliphatic heterocycles. The number of methoxy groups -OCH3 is 2. The minimum atomic E-state index is -0.122. The summed E-state index contributed by atoms with van der Waals surface area (Å²) >= 11 is 0. The molecule has 1 amide bonds. The lowest BCUT2D eigenvalue weighted by molar-refractivity contribution is 0.0691. The van der Waals surface area contributed by atoms with Crippen LogP contribution in [0, 0.1) is 11.8 Å². The van der Waals surface area contributed by atoms with Gasteiger partial charge in [0.2, 0.25) is 0 Å². The highest BCUT2D eigenvalue weighted by atomic mass is 16.5. The number of piperidine rings is 1. The molecule has 3 aromatic rings. The average molecular weight is 463 g/mol. The Morgan fingerprint density at radius 3 is 2.21 bits per heavy atom. The Labute approximate surface area is 201 Å². The first-order valence-corrected chi connectivity index (χ1v) is 12.0. The largest absolute Gasteiger partial charge is 0.493 e. The molecule has 1 aromatic heterocycles. The third kappa shape index (κ3) is 4.96. The normalized spacial score (nSPS) is 14.6. The van der Waals surface area contributed by atoms with Gasteiger partial charge in [-0.15, -0.1) is 0 Å². The van der Waals surface area contributed by atoms with Gasteiger partial charge in [0.25, 0.3) is 11.5 Å². The van der Waals surface area contributed by atoms with Gasteiger partial charge < -0.3 is 18.9 Å². The van der Waals surface area contributed by atoms with Crippen molar-refractivity contribution >= 4 is 16.7 Å². The minimum absolute atomic E-state index is 0.0344. The van der Waals surface area contributed by atoms with E-state index in [-0.39, 0.29) is 17.4 Å². The van der Waals surface area contributed by atoms with E-state index in [4.69, 9.17) is 9.47 Å². The fraction of sp³-hybridized carbons (Fsp3) is 0.429. The molecule has 0 radical (unpaired) electrons. The van der Waals surface area contributed by atoms with Crippen LogP contribution in [-0.4, -0.2) is 42.7 Å². The topological polar surface area (TPSA) is 60.8 Å². The summed E-state index contributed by atoms with van der Waals surface area (Å²) in [6.45, 7) is 6.10. The minimum Gasteiger partial charge on any atom is -0.493 e. The van der Waals surface area contributed by atoms with E-state index in [1.54, 1.807) is 37.1 Å². The molecule has 0 unspecified atom stereocenters. The zero-order valence-corrected chi connectivity index (χ0v) is 20.5. The van der Waals surface area contributed by atoms with Crippen LogP contribution in [0.1, 0.15) is 42.6 Å². The van der Waals surface area contributed by atoms with E-state index < -0.39 is 0 Å². The molecular formula is C28H34N2O4. The van der Waals surface area contributed by atoms with E-state index in [1.807, 2.05) is 11.0 Å². The van der Waals surface area contributed by atoms with E-state index >= 15 is 0 Å². The zero-order chi connectivity index (χ0) is 24.2. The van der Waals surface area contributed by atoms with Gasteiger partial charge in [-0.1, -0.05) is 44.2 Å². The quantitative estimate of drug-likeness (QED) is 0.508. The SMILES string of the molecule is COc1cc2c(C(=O)N3CCC(Cc4ccccc4)CC3)cn(CC(C)C)c(=O)c2cc1OC. The molecule has 1 saturated heterocycles. The summed E-state index contributed by atoms with van der Waals surface area (Å²) in [5.74, 6) is 1.79. The maximum atomic E-state index is 13.7. The molecule has 0 saturated carbocycles. The van der Waals surface area contributed by atoms with Crippen molar-refractivity contribution in [1.82, 2.24) is 9.47 Å². The highest BCUT2D eigenvalue weighted by Gasteiger charge is 2.26. The number of carbonyl (C=O) groups is 1. The van der Waals surface area contributed by atoms with Gasteiger partial charge in [0.1, 0.15) is 0 Å². The van der Waals surface area contributed by atoms with Crippen LogP contribution in [0.25, 0.3) is 10.8 Å². The smallest absolute Gasteiger partial charge is 0.258 e. The summed E-state index contributed by atoms with van der Waals surface area (Å²) in [5, 5.41) is 1.09. The zero-order valence-electron chi connectivity index (χ0n) is 20.5. The summed E-state index contributed by atoms with van der Waals surface area (Å²) < 4.78 is 12.6. The van der Waals surface area contributed by atoms with Crippen molar-refractivity contribution in [2.75, 3.05) is 27.3 Å². The van der Waals surface area contributed by atoms with Gasteiger partial charge in [0.15, 0.2) is 11.5 Å². The number of nitrogens with zero attached hydrogens (tertiary/aromatic N) is 2. The van der Waals surface area contributed by atoms with E-state index in [1.165, 1.54) is 5.56 Å². The van der Waals surface area contributed by atoms with E-state index in [0.717, 1.165) is 19.3 Å². The van der Waals surface area contributed by atoms with Crippen LogP contribution < -0.4 is 15.0 Å². The van der Waals surface area contributed by atoms with Gasteiger partial charge in [-0.25, -0.2) is 0 Å². The molecule has 0 N–H and O–H groups in total. The van der Waals surface area contributed by atoms with Crippen LogP contribution in [0.5, 0.6) is 11.5 Å². The molecule has 180 valence electrons. The second-order valence-corrected chi connectivity index (χ2v) is 9.57. The van der Waals surface area contributed by atoms with E-state index in [9.17, 15) is 9.59 Å². The fourth-order valence-electron chi connectivity index (χ4n) is 4.87. The van der Waals surface area contributed by atoms with Crippen LogP contribution in [0.4, 0.5) is 0 Å². The molecule has 6 heteroatoms. The van der Waals surface area contributed by atoms with Crippen LogP contribution in [0.2, 0.25) is 0 Å². The maximum absolute atomic E-state index is 13.7. The highest BCUT2D eigenvalue weighted by molar-refractivity contribution is 6.07. The Hall–Kier alpha value is -3.28. The highest BCUT2D eigenvalue weighted by Crippen LogP contribution is 2.33. The number of pyridine rings is 1. The molecule has 0 spiro atoms. The monoisotopic (exact) mass is 462 g/mol. The molecule has 0 aliphatic carbocycles. The fourth-order valence-corrected chi connectivity index (χ4v) is 4.87. The predicted octanol–water partition coefficient (Wildman–Crippen LogP) is 4.77. The van der Waals surface area contributed by atoms with Gasteiger partial charge in [-0.05, 0) is 48.8 Å². The van der Waals surface area contributed by atoms with Crippen LogP contribution in [-0.2, 0) is 13.0 Å². The number of rotatable bonds is 7. The van der Waals surface area contributed by atoms with Gasteiger partial charge in [-0.2, -0.15) is 0 Å². The lowest BCUT2D eigenvalue weighted by Gasteiger charge is -2.32. The number of likely N-dealkylation sites (tertiary alicyclic amines) is 1. The lowest BCUT2D eigenvalue weighted by atomic mass is 9.90. The number of hydrogen-bond donors (Lipinski definition) is 0. The van der Waals surface area contributed by atoms with Crippen molar-refractivity contribution in [1.29, 1.82) is 0 Å². The van der Waals surface area contributed by atoms with Crippen molar-refractivity contribution < 1.29 is 14.3 Å². The maximum Gasteiger partial charge on any atom is 0.258 e. The molecule has 2 aromatic carbocycles. The van der Waals surface area contributed by atoms with Gasteiger partial charge in [0.05, 0.1) is 25.2 Å². The lowest BCUT2D eigenvalue weighted by Crippen LogP contribution is -2.39. The van der Waals surface area contributed by atoms with Gasteiger partial charge >= 0.3 is 0 Å². The number of ether oxygens (including phenoxy) is 2. The molecule has 1 aliphatic rings. The summed E-state index contributed by atoms with van der Waals surface area (Å²) in [5.41, 5.74) is 1.76. The number of aromatic nitrogens is 1. The first kappa shape index (κ1) is 23.9. The van der Waals surface area contributed by atoms with Crippen molar-refractivity contribution in [3.63, 3.8) is 0 Å². The van der Waals surface area contributed by atoms with Crippen LogP contribution in [0.3, 0.4) is 0 Å². The van der Waals surface area contributed by atoms with Crippen molar-refractivity contribution in [3.8, 4) is 11.5 Å². The Morgan fingerprint density at radius 2 is 1.62 bits per heavy atom. The Morgan fingerprint density at radius 1 is 1.00 bits per heavy atom. The molecule has 2 heterocycles. The summed E-state index contributed by atoms with van der Waals surface area (Å²) in [6.07, 6.45) is 4.72. The molecule has 0 bridgehead atoms.